The predicted octanol–water partition coefficient (Wildman–Crippen LogP) is 3.48. The maximum Gasteiger partial charge on any atom is 0.340 e. The van der Waals surface area contributed by atoms with E-state index in [0.717, 1.165) is 30.7 Å². The van der Waals surface area contributed by atoms with Crippen molar-refractivity contribution in [1.82, 2.24) is 4.90 Å². The molecule has 1 aromatic carbocycles. The van der Waals surface area contributed by atoms with Gasteiger partial charge in [0, 0.05) is 82.3 Å². The number of imide groups is 1. The van der Waals surface area contributed by atoms with Crippen molar-refractivity contribution in [3.63, 3.8) is 0 Å². The Bertz CT molecular complexity index is 1610. The molecule has 1 aromatic rings. The van der Waals surface area contributed by atoms with E-state index in [1.165, 1.54) is 0 Å². The number of halogens is 1. The fraction of sp³-hybridized carbons (Fsp3) is 0.763. The zero-order valence-electron chi connectivity index (χ0n) is 30.3. The molecule has 51 heavy (non-hydrogen) atoms. The molecule has 8 fully saturated rings. The molecule has 280 valence electrons. The van der Waals surface area contributed by atoms with E-state index in [1.54, 1.807) is 45.4 Å². The number of rotatable bonds is 9. The van der Waals surface area contributed by atoms with Gasteiger partial charge in [0.1, 0.15) is 18.0 Å². The molecule has 2 amide bonds. The minimum atomic E-state index is -0.820. The van der Waals surface area contributed by atoms with E-state index in [-0.39, 0.29) is 109 Å². The zero-order chi connectivity index (χ0) is 35.0. The molecule has 12 nitrogen and oxygen atoms in total. The summed E-state index contributed by atoms with van der Waals surface area (Å²) >= 11 is 0. The molecule has 7 bridgehead atoms. The Morgan fingerprint density at radius 2 is 1.82 bits per heavy atom. The Morgan fingerprint density at radius 3 is 2.49 bits per heavy atom. The normalized spacial score (nSPS) is 47.4. The third-order valence-corrected chi connectivity index (χ3v) is 15.1. The molecule has 3 aliphatic heterocycles. The van der Waals surface area contributed by atoms with Crippen molar-refractivity contribution in [3.8, 4) is 0 Å². The highest BCUT2D eigenvalue weighted by atomic mass is 35.5. The SMILES string of the molecule is CCN1C[C@]2(COC(=O)c3ccccc3N3C(=O)C[C@H](C)C3=O)CC[C@H](OC)[C@@]34C1[C@@]1(OCO[C@]15C[C@H](OC)[C@H]1C[C@@H]3[C@@H]5[C@H]1OC)[C@@H](OC)[C@H]24.Cl. The lowest BCUT2D eigenvalue weighted by Gasteiger charge is -2.70. The number of para-hydroxylation sites is 1. The first-order valence-corrected chi connectivity index (χ1v) is 18.4. The summed E-state index contributed by atoms with van der Waals surface area (Å²) in [7, 11) is 7.24. The second-order valence-corrected chi connectivity index (χ2v) is 16.3. The molecule has 3 spiro atoms. The first-order valence-electron chi connectivity index (χ1n) is 18.4. The van der Waals surface area contributed by atoms with Gasteiger partial charge in [0.2, 0.25) is 11.8 Å². The lowest BCUT2D eigenvalue weighted by atomic mass is 9.42. The van der Waals surface area contributed by atoms with Gasteiger partial charge >= 0.3 is 5.97 Å². The summed E-state index contributed by atoms with van der Waals surface area (Å²) in [6.07, 6.45) is 2.77. The highest BCUT2D eigenvalue weighted by Crippen LogP contribution is 2.82. The zero-order valence-corrected chi connectivity index (χ0v) is 31.1. The minimum Gasteiger partial charge on any atom is -0.461 e. The van der Waals surface area contributed by atoms with E-state index in [2.05, 4.69) is 11.8 Å². The van der Waals surface area contributed by atoms with Crippen molar-refractivity contribution >= 4 is 35.9 Å². The van der Waals surface area contributed by atoms with Crippen molar-refractivity contribution in [2.45, 2.75) is 87.6 Å². The van der Waals surface area contributed by atoms with Gasteiger partial charge in [0.15, 0.2) is 0 Å². The molecular formula is C38H51ClN2O10. The second-order valence-electron chi connectivity index (χ2n) is 16.3. The van der Waals surface area contributed by atoms with Crippen molar-refractivity contribution in [3.05, 3.63) is 29.8 Å². The number of carbonyl (C=O) groups is 3. The fourth-order valence-electron chi connectivity index (χ4n) is 13.9. The summed E-state index contributed by atoms with van der Waals surface area (Å²) < 4.78 is 46.5. The Balaban J connectivity index is 0.00000374. The van der Waals surface area contributed by atoms with Crippen LogP contribution in [-0.4, -0.2) is 119 Å². The molecule has 3 heterocycles. The number of likely N-dealkylation sites (N-methyl/N-ethyl adjacent to an activating group) is 1. The van der Waals surface area contributed by atoms with Crippen LogP contribution in [0.25, 0.3) is 0 Å². The summed E-state index contributed by atoms with van der Waals surface area (Å²) in [4.78, 5) is 43.8. The average molecular weight is 731 g/mol. The highest BCUT2D eigenvalue weighted by molar-refractivity contribution is 6.22. The van der Waals surface area contributed by atoms with E-state index in [1.807, 2.05) is 14.2 Å². The van der Waals surface area contributed by atoms with E-state index in [4.69, 9.17) is 33.2 Å². The van der Waals surface area contributed by atoms with Gasteiger partial charge in [-0.2, -0.15) is 0 Å². The van der Waals surface area contributed by atoms with Crippen LogP contribution in [0.2, 0.25) is 0 Å². The van der Waals surface area contributed by atoms with Crippen LogP contribution in [0, 0.1) is 40.4 Å². The van der Waals surface area contributed by atoms with Crippen molar-refractivity contribution in [2.75, 3.05) is 59.8 Å². The quantitative estimate of drug-likeness (QED) is 0.274. The second kappa shape index (κ2) is 12.2. The molecule has 0 aromatic heterocycles. The Labute approximate surface area is 305 Å². The van der Waals surface area contributed by atoms with Crippen LogP contribution in [0.4, 0.5) is 5.69 Å². The van der Waals surface area contributed by atoms with Gasteiger partial charge in [-0.1, -0.05) is 26.0 Å². The summed E-state index contributed by atoms with van der Waals surface area (Å²) in [5, 5.41) is 0. The van der Waals surface area contributed by atoms with E-state index < -0.39 is 33.9 Å². The maximum atomic E-state index is 14.2. The van der Waals surface area contributed by atoms with Gasteiger partial charge in [-0.25, -0.2) is 9.69 Å². The maximum absolute atomic E-state index is 14.2. The molecule has 3 saturated heterocycles. The molecule has 5 aliphatic carbocycles. The minimum absolute atomic E-state index is 0. The topological polar surface area (TPSA) is 122 Å². The number of likely N-dealkylation sites (tertiary alicyclic amines) is 1. The number of carbonyl (C=O) groups excluding carboxylic acids is 3. The lowest BCUT2D eigenvalue weighted by Crippen LogP contribution is -2.81. The smallest absolute Gasteiger partial charge is 0.340 e. The third kappa shape index (κ3) is 4.04. The number of amides is 2. The molecule has 9 rings (SSSR count). The Kier molecular flexibility index (Phi) is 8.56. The largest absolute Gasteiger partial charge is 0.461 e. The molecule has 5 saturated carbocycles. The average Bonchev–Trinajstić information content (AvgIpc) is 3.78. The molecule has 13 heteroatoms. The number of fused-ring (bicyclic) bond motifs is 1. The molecule has 1 unspecified atom stereocenters. The number of benzene rings is 1. The highest BCUT2D eigenvalue weighted by Gasteiger charge is 2.94. The van der Waals surface area contributed by atoms with Gasteiger partial charge in [-0.15, -0.1) is 12.4 Å². The van der Waals surface area contributed by atoms with E-state index in [0.29, 0.717) is 13.0 Å². The van der Waals surface area contributed by atoms with Crippen molar-refractivity contribution in [1.29, 1.82) is 0 Å². The summed E-state index contributed by atoms with van der Waals surface area (Å²) in [5.41, 5.74) is -1.91. The van der Waals surface area contributed by atoms with Crippen LogP contribution in [0.3, 0.4) is 0 Å². The standard InChI is InChI=1S/C38H50N2O10.ClH/c1-7-39-17-35(18-48-33(43)21-10-8-9-11-24(21)40-27(41)14-20(2)32(40)42)13-12-26(45-4)37-23-15-22-25(44-3)16-36(28(23)29(22)46-5)38(34(37)39,50-19-49-36)31(47-6)30(35)37;/h8-11,20,22-23,25-26,28-31,34H,7,12-19H2,1-6H3;1H/t20-,22+,23+,25-,26-,28+,29-,30+,31-,34?,35-,36-,37-,38-;/m0./s1. The first kappa shape index (κ1) is 35.8. The van der Waals surface area contributed by atoms with Crippen LogP contribution in [-0.2, 0) is 42.7 Å². The number of ether oxygens (including phenoxy) is 7. The molecular weight excluding hydrogens is 680 g/mol. The Hall–Kier alpha value is -2.16. The fourth-order valence-corrected chi connectivity index (χ4v) is 13.9. The van der Waals surface area contributed by atoms with Crippen LogP contribution >= 0.6 is 12.4 Å². The number of anilines is 1. The molecule has 14 atom stereocenters. The Morgan fingerprint density at radius 1 is 1.04 bits per heavy atom. The number of esters is 1. The summed E-state index contributed by atoms with van der Waals surface area (Å²) in [6.45, 7) is 5.73. The molecule has 0 N–H and O–H groups in total. The van der Waals surface area contributed by atoms with Crippen molar-refractivity contribution < 1.29 is 47.5 Å². The predicted molar refractivity (Wildman–Crippen MR) is 184 cm³/mol. The van der Waals surface area contributed by atoms with Crippen molar-refractivity contribution in [2.24, 2.45) is 40.4 Å². The van der Waals surface area contributed by atoms with Crippen LogP contribution in [0.15, 0.2) is 24.3 Å². The summed E-state index contributed by atoms with van der Waals surface area (Å²) in [5.74, 6) is -1.22. The van der Waals surface area contributed by atoms with Crippen LogP contribution in [0.1, 0.15) is 56.3 Å². The van der Waals surface area contributed by atoms with E-state index in [9.17, 15) is 14.4 Å². The van der Waals surface area contributed by atoms with Crippen LogP contribution < -0.4 is 4.90 Å². The molecule has 8 aliphatic rings. The van der Waals surface area contributed by atoms with Gasteiger partial charge in [-0.3, -0.25) is 14.5 Å². The van der Waals surface area contributed by atoms with Crippen LogP contribution in [0.5, 0.6) is 0 Å². The van der Waals surface area contributed by atoms with Gasteiger partial charge < -0.3 is 33.2 Å². The monoisotopic (exact) mass is 730 g/mol. The number of methoxy groups -OCH3 is 4. The number of nitrogens with zero attached hydrogens (tertiary/aromatic N) is 2. The summed E-state index contributed by atoms with van der Waals surface area (Å²) in [6, 6.07) is 6.72. The van der Waals surface area contributed by atoms with Gasteiger partial charge in [-0.05, 0) is 43.9 Å². The lowest BCUT2D eigenvalue weighted by molar-refractivity contribution is -0.286. The number of piperidine rings is 1. The third-order valence-electron chi connectivity index (χ3n) is 15.1. The molecule has 0 radical (unpaired) electrons. The van der Waals surface area contributed by atoms with Gasteiger partial charge in [0.05, 0.1) is 48.3 Å². The van der Waals surface area contributed by atoms with Gasteiger partial charge in [0.25, 0.3) is 0 Å². The first-order chi connectivity index (χ1) is 24.1. The number of hydrogen-bond acceptors (Lipinski definition) is 11. The van der Waals surface area contributed by atoms with E-state index >= 15 is 0 Å². The number of hydrogen-bond donors (Lipinski definition) is 0.